The molecule has 0 bridgehead atoms. The van der Waals surface area contributed by atoms with Crippen LogP contribution in [0.4, 0.5) is 0 Å². The number of allylic oxidation sites excluding steroid dienone is 1. The number of hydrogen-bond donors (Lipinski definition) is 2. The van der Waals surface area contributed by atoms with E-state index in [2.05, 4.69) is 138 Å². The number of ketones is 5. The van der Waals surface area contributed by atoms with Crippen molar-refractivity contribution >= 4 is 46.6 Å². The summed E-state index contributed by atoms with van der Waals surface area (Å²) in [7, 11) is 11.3. The topological polar surface area (TPSA) is 277 Å². The maximum absolute atomic E-state index is 15.5. The zero-order valence-corrected chi connectivity index (χ0v) is 77.3. The van der Waals surface area contributed by atoms with Crippen molar-refractivity contribution in [1.82, 2.24) is 30.2 Å². The zero-order valence-electron chi connectivity index (χ0n) is 76.5. The number of esters is 1. The SMILES string of the molecule is C.C.CC1=CC[C@H]2[C@H](N(C)C)c3onc(OCc4ccccc4)c3C(=O)[C@@]2(O)C1=O.C[C@H]1c2cccc(OCc3ccccc3)c2[C@@H]1C.Cc1cccc2c1[C@@H](C)[C@@]1(C)C(=O)O[C@H]3C(=O)c4c(OCc5ccccc5)noc4[C@@H](N(C)C)[C@@H]3C[C@H]1[C@H]2C.Cc1cccc2c1[C@@H](C)[C@@]1(Sc3ccccc3)C(=O)[C@]3(O)C(=O)c4c(OCc5ccccc5)noc4[C@@H](N(C)C)[C@@H]3C[C@H]1[C@H]2C. The number of benzene rings is 8. The lowest BCUT2D eigenvalue weighted by molar-refractivity contribution is -0.163. The van der Waals surface area contributed by atoms with Crippen LogP contribution in [0.25, 0.3) is 0 Å². The van der Waals surface area contributed by atoms with E-state index in [0.717, 1.165) is 38.5 Å². The minimum Gasteiger partial charge on any atom is -0.489 e. The summed E-state index contributed by atoms with van der Waals surface area (Å²) in [4.78, 5) is 91.3. The number of Topliss-reactive ketones (excluding diaryl/α,β-unsaturated/α-hetero) is 5. The molecule has 0 unspecified atom stereocenters. The van der Waals surface area contributed by atoms with Crippen molar-refractivity contribution in [2.45, 2.75) is 210 Å². The van der Waals surface area contributed by atoms with Gasteiger partial charge < -0.3 is 47.5 Å². The van der Waals surface area contributed by atoms with E-state index in [0.29, 0.717) is 60.6 Å². The summed E-state index contributed by atoms with van der Waals surface area (Å²) in [6.07, 6.45) is 2.33. The van der Waals surface area contributed by atoms with Gasteiger partial charge in [-0.25, -0.2) is 0 Å². The van der Waals surface area contributed by atoms with E-state index in [-0.39, 0.29) is 128 Å². The van der Waals surface area contributed by atoms with Crippen molar-refractivity contribution < 1.29 is 76.2 Å². The predicted molar refractivity (Wildman–Crippen MR) is 506 cm³/mol. The third-order valence-corrected chi connectivity index (χ3v) is 31.6. The van der Waals surface area contributed by atoms with Crippen LogP contribution in [0, 0.1) is 48.9 Å². The van der Waals surface area contributed by atoms with Gasteiger partial charge in [-0.2, -0.15) is 0 Å². The molecule has 19 atom stereocenters. The van der Waals surface area contributed by atoms with Gasteiger partial charge >= 0.3 is 5.97 Å². The van der Waals surface area contributed by atoms with Gasteiger partial charge in [-0.1, -0.05) is 251 Å². The van der Waals surface area contributed by atoms with E-state index >= 15 is 4.79 Å². The molecule has 9 aliphatic rings. The Morgan fingerprint density at radius 3 is 1.31 bits per heavy atom. The van der Waals surface area contributed by atoms with Gasteiger partial charge in [0, 0.05) is 34.1 Å². The lowest BCUT2D eigenvalue weighted by Crippen LogP contribution is -2.72. The number of fused-ring (bicyclic) bond motifs is 11. The van der Waals surface area contributed by atoms with Crippen LogP contribution in [-0.4, -0.2) is 140 Å². The Morgan fingerprint density at radius 2 is 0.833 bits per heavy atom. The van der Waals surface area contributed by atoms with Gasteiger partial charge in [-0.05, 0) is 231 Å². The Kier molecular flexibility index (Phi) is 27.1. The first-order chi connectivity index (χ1) is 62.4. The first-order valence-corrected chi connectivity index (χ1v) is 46.0. The second kappa shape index (κ2) is 37.8. The summed E-state index contributed by atoms with van der Waals surface area (Å²) in [5.74, 6) is -1.29. The molecule has 690 valence electrons. The molecule has 22 nitrogen and oxygen atoms in total. The number of thioether (sulfide) groups is 1. The van der Waals surface area contributed by atoms with Gasteiger partial charge in [-0.3, -0.25) is 43.5 Å². The van der Waals surface area contributed by atoms with Crippen LogP contribution in [0.3, 0.4) is 0 Å². The van der Waals surface area contributed by atoms with Crippen LogP contribution < -0.4 is 18.9 Å². The Balaban J connectivity index is 0.000000140. The van der Waals surface area contributed by atoms with E-state index in [1.165, 1.54) is 50.7 Å². The fourth-order valence-electron chi connectivity index (χ4n) is 23.0. The Bertz CT molecular complexity index is 6130. The number of aliphatic hydroxyl groups is 2. The molecule has 2 fully saturated rings. The average molecular weight is 1800 g/mol. The molecule has 11 aromatic rings. The molecular formula is C109H122N6O16S. The van der Waals surface area contributed by atoms with Crippen LogP contribution in [0.15, 0.2) is 236 Å². The summed E-state index contributed by atoms with van der Waals surface area (Å²) in [5.41, 5.74) is 9.58. The molecule has 132 heavy (non-hydrogen) atoms. The summed E-state index contributed by atoms with van der Waals surface area (Å²) < 4.78 is 46.1. The maximum Gasteiger partial charge on any atom is 0.313 e. The van der Waals surface area contributed by atoms with Crippen molar-refractivity contribution in [2.75, 3.05) is 42.3 Å². The highest BCUT2D eigenvalue weighted by atomic mass is 32.2. The summed E-state index contributed by atoms with van der Waals surface area (Å²) in [6, 6.07) is 66.7. The normalized spacial score (nSPS) is 28.2. The number of ether oxygens (including phenoxy) is 5. The molecule has 0 radical (unpaired) electrons. The zero-order chi connectivity index (χ0) is 91.9. The van der Waals surface area contributed by atoms with Crippen LogP contribution >= 0.6 is 11.8 Å². The number of rotatable bonds is 17. The van der Waals surface area contributed by atoms with Crippen LogP contribution in [-0.2, 0) is 45.5 Å². The van der Waals surface area contributed by atoms with Crippen molar-refractivity contribution in [3.8, 4) is 23.4 Å². The Morgan fingerprint density at radius 1 is 0.424 bits per heavy atom. The lowest BCUT2D eigenvalue weighted by atomic mass is 9.49. The molecule has 4 heterocycles. The summed E-state index contributed by atoms with van der Waals surface area (Å²) >= 11 is 1.50. The monoisotopic (exact) mass is 1800 g/mol. The quantitative estimate of drug-likeness (QED) is 0.0633. The van der Waals surface area contributed by atoms with Crippen LogP contribution in [0.1, 0.15) is 258 Å². The fraction of sp³-hybridized carbons (Fsp3) is 0.404. The average Bonchev–Trinajstić information content (AvgIpc) is 0.967. The number of carbonyl (C=O) groups is 6. The van der Waals surface area contributed by atoms with Gasteiger partial charge in [0.2, 0.25) is 17.3 Å². The minimum absolute atomic E-state index is 0. The van der Waals surface area contributed by atoms with Gasteiger partial charge in [-0.15, -0.1) is 11.8 Å². The number of nitrogens with zero attached hydrogens (tertiary/aromatic N) is 6. The number of hydrogen-bond acceptors (Lipinski definition) is 23. The molecule has 0 amide bonds. The van der Waals surface area contributed by atoms with Gasteiger partial charge in [0.05, 0.1) is 28.3 Å². The van der Waals surface area contributed by atoms with Crippen molar-refractivity contribution in [3.05, 3.63) is 319 Å². The highest BCUT2D eigenvalue weighted by Crippen LogP contribution is 2.68. The van der Waals surface area contributed by atoms with Crippen LogP contribution in [0.5, 0.6) is 23.4 Å². The molecule has 8 aliphatic carbocycles. The van der Waals surface area contributed by atoms with Crippen molar-refractivity contribution in [2.24, 2.45) is 35.0 Å². The van der Waals surface area contributed by atoms with E-state index in [4.69, 9.17) is 37.3 Å². The standard InChI is InChI=1S/C37H38N2O5S.C32H36N2O5.C21H22N2O5.C17H18O.2CH4/c1-21-13-12-18-26-22(2)27-19-28-31(39(4)5)32-30(34(38-44-32)43-20-24-14-8-6-9-15-24)33(40)36(28,42)35(41)37(27,23(3)29(21)26)45-25-16-10-7-11-17-25;1-17-11-10-14-21-18(2)23-15-22-26(34(5)6)29-25(30(33-39-29)37-16-20-12-8-7-9-13-20)27(35)28(22)38-31(36)32(23,4)19(3)24(17)21;1-12-9-10-14-16(23(2)3)17-15(19(25)21(14,26)18(12)24)20(22-28-17)27-11-13-7-5-4-6-8-13;1-12-13(2)17-15(12)9-6-10-16(17)18-11-14-7-4-3-5-8-14;;/h6-18,22-23,27-28,31,42H,19-20H2,1-5H3;7-14,18-19,22-23,26,28H,15-16H2,1-6H3;4-9,14,16,26H,10-11H2,1-3H3;3-10,12-13H,11H2,1-2H3;2*1H4/t22-,23+,27-,28-,31-,36+,37-;18-,19+,22-,23-,26-,28+,32+;14-,16-,21-;12-,13-;;/m0001../s1. The maximum atomic E-state index is 15.5. The molecule has 23 heteroatoms. The molecule has 1 saturated heterocycles. The molecule has 20 rings (SSSR count). The third-order valence-electron chi connectivity index (χ3n) is 30.0. The lowest BCUT2D eigenvalue weighted by Gasteiger charge is -2.60. The second-order valence-corrected chi connectivity index (χ2v) is 39.1. The van der Waals surface area contributed by atoms with Gasteiger partial charge in [0.15, 0.2) is 46.2 Å². The van der Waals surface area contributed by atoms with E-state index in [1.807, 2.05) is 203 Å². The summed E-state index contributed by atoms with van der Waals surface area (Å²) in [6.45, 7) is 22.3. The minimum atomic E-state index is -2.30. The Labute approximate surface area is 778 Å². The molecule has 2 N–H and O–H groups in total. The van der Waals surface area contributed by atoms with E-state index in [1.54, 1.807) is 13.0 Å². The first kappa shape index (κ1) is 94.9. The van der Waals surface area contributed by atoms with Crippen molar-refractivity contribution in [3.63, 3.8) is 0 Å². The Hall–Kier alpha value is -11.7. The molecule has 1 saturated carbocycles. The first-order valence-electron chi connectivity index (χ1n) is 45.1. The third kappa shape index (κ3) is 16.0. The highest BCUT2D eigenvalue weighted by Gasteiger charge is 2.74. The van der Waals surface area contributed by atoms with E-state index in [9.17, 15) is 34.2 Å². The molecule has 8 aromatic carbocycles. The van der Waals surface area contributed by atoms with E-state index < -0.39 is 74.5 Å². The second-order valence-electron chi connectivity index (χ2n) is 37.7. The number of carbonyl (C=O) groups excluding carboxylic acids is 6. The molecule has 1 aliphatic heterocycles. The van der Waals surface area contributed by atoms with Gasteiger partial charge in [0.25, 0.3) is 17.6 Å². The highest BCUT2D eigenvalue weighted by molar-refractivity contribution is 8.01. The molecule has 3 aromatic heterocycles. The summed E-state index contributed by atoms with van der Waals surface area (Å²) in [5, 5.41) is 36.5. The molecular weight excluding hydrogens is 1680 g/mol. The van der Waals surface area contributed by atoms with Crippen LogP contribution in [0.2, 0.25) is 0 Å². The fourth-order valence-corrected chi connectivity index (χ4v) is 24.7. The van der Waals surface area contributed by atoms with Crippen molar-refractivity contribution in [1.29, 1.82) is 0 Å². The van der Waals surface area contributed by atoms with Gasteiger partial charge in [0.1, 0.15) is 48.9 Å². The smallest absolute Gasteiger partial charge is 0.313 e. The number of aryl methyl sites for hydroxylation is 2. The number of aromatic nitrogens is 3. The molecule has 0 spiro atoms. The largest absolute Gasteiger partial charge is 0.489 e. The predicted octanol–water partition coefficient (Wildman–Crippen LogP) is 20.7.